The molecule has 4 rings (SSSR count). The Morgan fingerprint density at radius 1 is 1.16 bits per heavy atom. The number of nitrogens with one attached hydrogen (secondary N) is 1. The van der Waals surface area contributed by atoms with Crippen LogP contribution in [0.1, 0.15) is 48.2 Å². The van der Waals surface area contributed by atoms with Crippen molar-refractivity contribution in [2.24, 2.45) is 0 Å². The SMILES string of the molecule is Cc1cc(NC(=O)Cn2cc(C(=O)N3CCCCC3CN3CCCC3)ccc2=O)no1. The number of hydrogen-bond acceptors (Lipinski definition) is 6. The normalized spacial score (nSPS) is 19.5. The number of carbonyl (C=O) groups excluding carboxylic acids is 2. The highest BCUT2D eigenvalue weighted by Gasteiger charge is 2.30. The first-order valence-electron chi connectivity index (χ1n) is 11.0. The summed E-state index contributed by atoms with van der Waals surface area (Å²) >= 11 is 0. The van der Waals surface area contributed by atoms with Gasteiger partial charge < -0.3 is 24.2 Å². The lowest BCUT2D eigenvalue weighted by atomic mass is 10.0. The van der Waals surface area contributed by atoms with Crippen LogP contribution in [0.5, 0.6) is 0 Å². The van der Waals surface area contributed by atoms with Crippen molar-refractivity contribution in [3.63, 3.8) is 0 Å². The van der Waals surface area contributed by atoms with Crippen LogP contribution in [0.2, 0.25) is 0 Å². The molecule has 2 aromatic rings. The van der Waals surface area contributed by atoms with Gasteiger partial charge in [-0.05, 0) is 58.2 Å². The number of rotatable bonds is 6. The van der Waals surface area contributed by atoms with Gasteiger partial charge in [0.15, 0.2) is 5.82 Å². The summed E-state index contributed by atoms with van der Waals surface area (Å²) in [5.41, 5.74) is 0.0910. The maximum atomic E-state index is 13.3. The van der Waals surface area contributed by atoms with E-state index in [0.717, 1.165) is 45.4 Å². The Labute approximate surface area is 181 Å². The summed E-state index contributed by atoms with van der Waals surface area (Å²) in [5, 5.41) is 6.31. The number of pyridine rings is 1. The van der Waals surface area contributed by atoms with Gasteiger partial charge in [0, 0.05) is 37.5 Å². The molecule has 9 nitrogen and oxygen atoms in total. The van der Waals surface area contributed by atoms with Crippen LogP contribution in [-0.4, -0.2) is 63.6 Å². The smallest absolute Gasteiger partial charge is 0.255 e. The maximum Gasteiger partial charge on any atom is 0.255 e. The molecule has 0 aliphatic carbocycles. The topological polar surface area (TPSA) is 101 Å². The van der Waals surface area contributed by atoms with Crippen LogP contribution < -0.4 is 10.9 Å². The maximum absolute atomic E-state index is 13.3. The molecular formula is C22H29N5O4. The summed E-state index contributed by atoms with van der Waals surface area (Å²) in [6.45, 7) is 5.35. The second kappa shape index (κ2) is 9.47. The molecule has 2 saturated heterocycles. The lowest BCUT2D eigenvalue weighted by molar-refractivity contribution is -0.116. The third-order valence-corrected chi connectivity index (χ3v) is 6.00. The summed E-state index contributed by atoms with van der Waals surface area (Å²) in [6, 6.07) is 4.69. The average Bonchev–Trinajstić information content (AvgIpc) is 3.41. The lowest BCUT2D eigenvalue weighted by Gasteiger charge is -2.38. The second-order valence-electron chi connectivity index (χ2n) is 8.41. The molecule has 0 saturated carbocycles. The molecule has 4 heterocycles. The number of likely N-dealkylation sites (tertiary alicyclic amines) is 2. The monoisotopic (exact) mass is 427 g/mol. The molecule has 2 fully saturated rings. The van der Waals surface area contributed by atoms with Crippen molar-refractivity contribution in [2.45, 2.75) is 51.6 Å². The van der Waals surface area contributed by atoms with Gasteiger partial charge in [-0.15, -0.1) is 0 Å². The predicted octanol–water partition coefficient (Wildman–Crippen LogP) is 1.87. The number of hydrogen-bond donors (Lipinski definition) is 1. The Hall–Kier alpha value is -2.94. The number of piperidine rings is 1. The number of nitrogens with zero attached hydrogens (tertiary/aromatic N) is 4. The molecule has 1 unspecified atom stereocenters. The molecule has 0 aromatic carbocycles. The highest BCUT2D eigenvalue weighted by Crippen LogP contribution is 2.22. The van der Waals surface area contributed by atoms with Gasteiger partial charge in [-0.3, -0.25) is 14.4 Å². The van der Waals surface area contributed by atoms with Crippen molar-refractivity contribution in [1.29, 1.82) is 0 Å². The van der Waals surface area contributed by atoms with Crippen molar-refractivity contribution in [3.05, 3.63) is 46.1 Å². The standard InChI is InChI=1S/C22H29N5O4/c1-16-12-19(24-31-16)23-20(28)15-26-13-17(7-8-21(26)29)22(30)27-11-3-2-6-18(27)14-25-9-4-5-10-25/h7-8,12-13,18H,2-6,9-11,14-15H2,1H3,(H,23,24,28). The van der Waals surface area contributed by atoms with Crippen LogP contribution in [0.15, 0.2) is 33.7 Å². The summed E-state index contributed by atoms with van der Waals surface area (Å²) in [4.78, 5) is 42.3. The van der Waals surface area contributed by atoms with E-state index in [9.17, 15) is 14.4 Å². The third kappa shape index (κ3) is 5.22. The molecule has 2 aromatic heterocycles. The molecule has 1 N–H and O–H groups in total. The van der Waals surface area contributed by atoms with E-state index < -0.39 is 5.91 Å². The van der Waals surface area contributed by atoms with Gasteiger partial charge in [0.2, 0.25) is 5.91 Å². The molecule has 31 heavy (non-hydrogen) atoms. The fourth-order valence-electron chi connectivity index (χ4n) is 4.43. The molecule has 9 heteroatoms. The van der Waals surface area contributed by atoms with Gasteiger partial charge in [-0.25, -0.2) is 0 Å². The van der Waals surface area contributed by atoms with Crippen molar-refractivity contribution in [1.82, 2.24) is 19.5 Å². The zero-order valence-corrected chi connectivity index (χ0v) is 17.9. The van der Waals surface area contributed by atoms with Gasteiger partial charge in [0.05, 0.1) is 5.56 Å². The van der Waals surface area contributed by atoms with Crippen molar-refractivity contribution in [2.75, 3.05) is 31.5 Å². The molecule has 2 aliphatic heterocycles. The van der Waals surface area contributed by atoms with Gasteiger partial charge in [0.1, 0.15) is 12.3 Å². The quantitative estimate of drug-likeness (QED) is 0.755. The Kier molecular flexibility index (Phi) is 6.50. The molecule has 0 spiro atoms. The number of aromatic nitrogens is 2. The van der Waals surface area contributed by atoms with Crippen LogP contribution in [0, 0.1) is 6.92 Å². The van der Waals surface area contributed by atoms with Crippen LogP contribution in [0.4, 0.5) is 5.82 Å². The van der Waals surface area contributed by atoms with E-state index in [1.807, 2.05) is 4.90 Å². The predicted molar refractivity (Wildman–Crippen MR) is 115 cm³/mol. The summed E-state index contributed by atoms with van der Waals surface area (Å²) in [7, 11) is 0. The molecular weight excluding hydrogens is 398 g/mol. The number of aryl methyl sites for hydroxylation is 1. The van der Waals surface area contributed by atoms with E-state index >= 15 is 0 Å². The van der Waals surface area contributed by atoms with Gasteiger partial charge in [-0.1, -0.05) is 5.16 Å². The molecule has 2 amide bonds. The van der Waals surface area contributed by atoms with E-state index in [1.54, 1.807) is 19.1 Å². The van der Waals surface area contributed by atoms with Crippen molar-refractivity contribution >= 4 is 17.6 Å². The third-order valence-electron chi connectivity index (χ3n) is 6.00. The van der Waals surface area contributed by atoms with Gasteiger partial charge in [-0.2, -0.15) is 0 Å². The molecule has 166 valence electrons. The first-order chi connectivity index (χ1) is 15.0. The zero-order chi connectivity index (χ0) is 21.8. The highest BCUT2D eigenvalue weighted by molar-refractivity contribution is 5.94. The van der Waals surface area contributed by atoms with Crippen LogP contribution in [0.25, 0.3) is 0 Å². The molecule has 0 radical (unpaired) electrons. The zero-order valence-electron chi connectivity index (χ0n) is 17.9. The fourth-order valence-corrected chi connectivity index (χ4v) is 4.43. The Balaban J connectivity index is 1.46. The molecule has 1 atom stereocenters. The van der Waals surface area contributed by atoms with E-state index in [0.29, 0.717) is 17.1 Å². The first kappa shape index (κ1) is 21.3. The lowest BCUT2D eigenvalue weighted by Crippen LogP contribution is -2.49. The van der Waals surface area contributed by atoms with Gasteiger partial charge in [0.25, 0.3) is 11.5 Å². The van der Waals surface area contributed by atoms with Crippen LogP contribution in [0.3, 0.4) is 0 Å². The molecule has 0 bridgehead atoms. The first-order valence-corrected chi connectivity index (χ1v) is 11.0. The van der Waals surface area contributed by atoms with Gasteiger partial charge >= 0.3 is 0 Å². The number of carbonyl (C=O) groups is 2. The van der Waals surface area contributed by atoms with E-state index in [1.165, 1.54) is 29.7 Å². The van der Waals surface area contributed by atoms with Crippen LogP contribution >= 0.6 is 0 Å². The minimum atomic E-state index is -0.412. The van der Waals surface area contributed by atoms with E-state index in [-0.39, 0.29) is 24.1 Å². The fraction of sp³-hybridized carbons (Fsp3) is 0.545. The van der Waals surface area contributed by atoms with Crippen LogP contribution in [-0.2, 0) is 11.3 Å². The Morgan fingerprint density at radius 3 is 2.68 bits per heavy atom. The largest absolute Gasteiger partial charge is 0.360 e. The summed E-state index contributed by atoms with van der Waals surface area (Å²) in [5.74, 6) is 0.376. The minimum Gasteiger partial charge on any atom is -0.360 e. The Bertz CT molecular complexity index is 992. The highest BCUT2D eigenvalue weighted by atomic mass is 16.5. The van der Waals surface area contributed by atoms with Crippen molar-refractivity contribution in [3.8, 4) is 0 Å². The summed E-state index contributed by atoms with van der Waals surface area (Å²) < 4.78 is 6.19. The Morgan fingerprint density at radius 2 is 1.94 bits per heavy atom. The van der Waals surface area contributed by atoms with E-state index in [2.05, 4.69) is 15.4 Å². The van der Waals surface area contributed by atoms with Crippen molar-refractivity contribution < 1.29 is 14.1 Å². The van der Waals surface area contributed by atoms with E-state index in [4.69, 9.17) is 4.52 Å². The molecule has 2 aliphatic rings. The minimum absolute atomic E-state index is 0.0785. The number of amides is 2. The summed E-state index contributed by atoms with van der Waals surface area (Å²) in [6.07, 6.45) is 7.05. The second-order valence-corrected chi connectivity index (χ2v) is 8.41. The number of anilines is 1. The average molecular weight is 428 g/mol.